The van der Waals surface area contributed by atoms with Crippen LogP contribution in [0.3, 0.4) is 0 Å². The van der Waals surface area contributed by atoms with Gasteiger partial charge in [0.05, 0.1) is 0 Å². The van der Waals surface area contributed by atoms with Crippen molar-refractivity contribution >= 4 is 11.6 Å². The zero-order chi connectivity index (χ0) is 15.7. The number of ether oxygens (including phenoxy) is 1. The fourth-order valence-corrected chi connectivity index (χ4v) is 2.24. The Morgan fingerprint density at radius 3 is 2.71 bits per heavy atom. The Labute approximate surface area is 128 Å². The number of nitrogens with one attached hydrogen (secondary N) is 1. The molecule has 0 saturated heterocycles. The Bertz CT molecular complexity index is 398. The van der Waals surface area contributed by atoms with Crippen LogP contribution < -0.4 is 5.32 Å². The molecule has 0 aliphatic heterocycles. The molecule has 21 heavy (non-hydrogen) atoms. The van der Waals surface area contributed by atoms with Crippen LogP contribution in [0, 0.1) is 5.82 Å². The van der Waals surface area contributed by atoms with Crippen LogP contribution in [0.1, 0.15) is 25.3 Å². The molecule has 0 bridgehead atoms. The topological polar surface area (TPSA) is 21.3 Å². The maximum absolute atomic E-state index is 13.8. The molecule has 0 aromatic heterocycles. The summed E-state index contributed by atoms with van der Waals surface area (Å²) in [6.07, 6.45) is -0.603. The van der Waals surface area contributed by atoms with E-state index in [1.165, 1.54) is 6.07 Å². The van der Waals surface area contributed by atoms with Crippen LogP contribution in [0.25, 0.3) is 0 Å². The molecule has 0 aliphatic rings. The number of halogens is 4. The van der Waals surface area contributed by atoms with Gasteiger partial charge in [0, 0.05) is 23.2 Å². The summed E-state index contributed by atoms with van der Waals surface area (Å²) in [5.41, 5.74) is 0.446. The molecule has 0 fully saturated rings. The van der Waals surface area contributed by atoms with Gasteiger partial charge in [0.1, 0.15) is 12.4 Å². The van der Waals surface area contributed by atoms with Crippen molar-refractivity contribution in [3.63, 3.8) is 0 Å². The lowest BCUT2D eigenvalue weighted by Crippen LogP contribution is -2.33. The highest BCUT2D eigenvalue weighted by Gasteiger charge is 2.15. The van der Waals surface area contributed by atoms with Crippen molar-refractivity contribution in [1.82, 2.24) is 5.32 Å². The Morgan fingerprint density at radius 1 is 1.33 bits per heavy atom. The zero-order valence-electron chi connectivity index (χ0n) is 12.0. The molecule has 1 aromatic carbocycles. The highest BCUT2D eigenvalue weighted by molar-refractivity contribution is 6.31. The monoisotopic (exact) mass is 323 g/mol. The average molecular weight is 324 g/mol. The van der Waals surface area contributed by atoms with Crippen LogP contribution in [0.2, 0.25) is 5.02 Å². The molecule has 1 unspecified atom stereocenters. The first kappa shape index (κ1) is 18.3. The van der Waals surface area contributed by atoms with Gasteiger partial charge in [-0.25, -0.2) is 13.2 Å². The molecule has 0 amide bonds. The Balaban J connectivity index is 2.56. The molecule has 0 radical (unpaired) electrons. The van der Waals surface area contributed by atoms with Crippen LogP contribution in [0.4, 0.5) is 13.2 Å². The van der Waals surface area contributed by atoms with E-state index in [9.17, 15) is 13.2 Å². The molecule has 0 heterocycles. The largest absolute Gasteiger partial charge is 0.375 e. The lowest BCUT2D eigenvalue weighted by molar-refractivity contribution is 0.0144. The summed E-state index contributed by atoms with van der Waals surface area (Å²) in [6.45, 7) is 2.43. The van der Waals surface area contributed by atoms with Crippen molar-refractivity contribution in [3.05, 3.63) is 34.6 Å². The lowest BCUT2D eigenvalue weighted by atomic mass is 10.0. The van der Waals surface area contributed by atoms with E-state index in [1.54, 1.807) is 12.1 Å². The Morgan fingerprint density at radius 2 is 2.10 bits per heavy atom. The predicted molar refractivity (Wildman–Crippen MR) is 78.6 cm³/mol. The SMILES string of the molecule is CCCNC(CCOCC(F)F)Cc1c(F)cccc1Cl. The van der Waals surface area contributed by atoms with Gasteiger partial charge in [0.2, 0.25) is 0 Å². The van der Waals surface area contributed by atoms with Gasteiger partial charge in [0.25, 0.3) is 6.43 Å². The van der Waals surface area contributed by atoms with Gasteiger partial charge < -0.3 is 10.1 Å². The molecule has 0 spiro atoms. The Kier molecular flexibility index (Phi) is 8.73. The van der Waals surface area contributed by atoms with E-state index in [2.05, 4.69) is 5.32 Å². The van der Waals surface area contributed by atoms with E-state index in [0.29, 0.717) is 23.4 Å². The summed E-state index contributed by atoms with van der Waals surface area (Å²) in [5.74, 6) is -0.348. The molecule has 2 nitrogen and oxygen atoms in total. The van der Waals surface area contributed by atoms with Gasteiger partial charge in [-0.1, -0.05) is 24.6 Å². The molecule has 1 rings (SSSR count). The molecule has 1 N–H and O–H groups in total. The van der Waals surface area contributed by atoms with Crippen molar-refractivity contribution in [2.45, 2.75) is 38.7 Å². The minimum Gasteiger partial charge on any atom is -0.375 e. The summed E-state index contributed by atoms with van der Waals surface area (Å²) in [7, 11) is 0. The van der Waals surface area contributed by atoms with Crippen molar-refractivity contribution in [1.29, 1.82) is 0 Å². The smallest absolute Gasteiger partial charge is 0.261 e. The Hall–Kier alpha value is -0.780. The summed E-state index contributed by atoms with van der Waals surface area (Å²) >= 11 is 6.01. The number of benzene rings is 1. The highest BCUT2D eigenvalue weighted by Crippen LogP contribution is 2.21. The quantitative estimate of drug-likeness (QED) is 0.656. The summed E-state index contributed by atoms with van der Waals surface area (Å²) < 4.78 is 42.7. The van der Waals surface area contributed by atoms with E-state index in [-0.39, 0.29) is 18.5 Å². The van der Waals surface area contributed by atoms with Crippen molar-refractivity contribution in [2.24, 2.45) is 0 Å². The van der Waals surface area contributed by atoms with E-state index < -0.39 is 13.0 Å². The minimum atomic E-state index is -2.46. The van der Waals surface area contributed by atoms with Crippen LogP contribution in [0.5, 0.6) is 0 Å². The fraction of sp³-hybridized carbons (Fsp3) is 0.600. The third kappa shape index (κ3) is 7.16. The van der Waals surface area contributed by atoms with Gasteiger partial charge in [0.15, 0.2) is 0 Å². The van der Waals surface area contributed by atoms with Crippen molar-refractivity contribution < 1.29 is 17.9 Å². The molecule has 120 valence electrons. The third-order valence-electron chi connectivity index (χ3n) is 3.05. The van der Waals surface area contributed by atoms with E-state index in [4.69, 9.17) is 16.3 Å². The lowest BCUT2D eigenvalue weighted by Gasteiger charge is -2.19. The van der Waals surface area contributed by atoms with E-state index in [0.717, 1.165) is 13.0 Å². The normalized spacial score (nSPS) is 12.9. The van der Waals surface area contributed by atoms with Crippen LogP contribution in [-0.4, -0.2) is 32.2 Å². The number of hydrogen-bond donors (Lipinski definition) is 1. The summed E-state index contributed by atoms with van der Waals surface area (Å²) in [4.78, 5) is 0. The summed E-state index contributed by atoms with van der Waals surface area (Å²) in [5, 5.41) is 3.65. The van der Waals surface area contributed by atoms with Crippen molar-refractivity contribution in [3.8, 4) is 0 Å². The molecule has 0 aliphatic carbocycles. The summed E-state index contributed by atoms with van der Waals surface area (Å²) in [6, 6.07) is 4.51. The van der Waals surface area contributed by atoms with Crippen molar-refractivity contribution in [2.75, 3.05) is 19.8 Å². The third-order valence-corrected chi connectivity index (χ3v) is 3.40. The molecule has 1 atom stereocenters. The zero-order valence-corrected chi connectivity index (χ0v) is 12.8. The molecule has 0 saturated carbocycles. The number of hydrogen-bond acceptors (Lipinski definition) is 2. The molecular formula is C15H21ClF3NO. The first-order valence-corrected chi connectivity index (χ1v) is 7.44. The molecular weight excluding hydrogens is 303 g/mol. The molecule has 1 aromatic rings. The van der Waals surface area contributed by atoms with Gasteiger partial charge in [-0.3, -0.25) is 0 Å². The maximum Gasteiger partial charge on any atom is 0.261 e. The van der Waals surface area contributed by atoms with Crippen LogP contribution >= 0.6 is 11.6 Å². The highest BCUT2D eigenvalue weighted by atomic mass is 35.5. The standard InChI is InChI=1S/C15H21ClF3NO/c1-2-7-20-11(6-8-21-10-15(18)19)9-12-13(16)4-3-5-14(12)17/h3-5,11,15,20H,2,6-10H2,1H3. The van der Waals surface area contributed by atoms with Crippen LogP contribution in [-0.2, 0) is 11.2 Å². The second-order valence-corrected chi connectivity index (χ2v) is 5.22. The number of rotatable bonds is 10. The first-order valence-electron chi connectivity index (χ1n) is 7.06. The number of alkyl halides is 2. The molecule has 6 heteroatoms. The van der Waals surface area contributed by atoms with Gasteiger partial charge >= 0.3 is 0 Å². The second-order valence-electron chi connectivity index (χ2n) is 4.81. The van der Waals surface area contributed by atoms with E-state index >= 15 is 0 Å². The van der Waals surface area contributed by atoms with Gasteiger partial charge in [-0.15, -0.1) is 0 Å². The van der Waals surface area contributed by atoms with Gasteiger partial charge in [-0.05, 0) is 37.9 Å². The minimum absolute atomic E-state index is 0.0583. The second kappa shape index (κ2) is 10.0. The average Bonchev–Trinajstić information content (AvgIpc) is 2.43. The van der Waals surface area contributed by atoms with E-state index in [1.807, 2.05) is 6.92 Å². The fourth-order valence-electron chi connectivity index (χ4n) is 2.00. The first-order chi connectivity index (χ1) is 10.0. The predicted octanol–water partition coefficient (Wildman–Crippen LogP) is 4.06. The van der Waals surface area contributed by atoms with Crippen LogP contribution in [0.15, 0.2) is 18.2 Å². The maximum atomic E-state index is 13.8. The van der Waals surface area contributed by atoms with Gasteiger partial charge in [-0.2, -0.15) is 0 Å².